The third-order valence-electron chi connectivity index (χ3n) is 5.02. The molecule has 0 aliphatic heterocycles. The molecule has 0 saturated carbocycles. The molecule has 0 aliphatic carbocycles. The van der Waals surface area contributed by atoms with Gasteiger partial charge in [-0.3, -0.25) is 14.8 Å². The molecule has 3 aromatic rings. The van der Waals surface area contributed by atoms with E-state index >= 15 is 0 Å². The van der Waals surface area contributed by atoms with Gasteiger partial charge in [-0.25, -0.2) is 14.7 Å². The summed E-state index contributed by atoms with van der Waals surface area (Å²) in [5, 5.41) is 26.7. The summed E-state index contributed by atoms with van der Waals surface area (Å²) < 4.78 is 26.5. The predicted octanol–water partition coefficient (Wildman–Crippen LogP) is 1.16. The monoisotopic (exact) mass is 535 g/mol. The molecule has 0 bridgehead atoms. The van der Waals surface area contributed by atoms with Crippen molar-refractivity contribution in [3.63, 3.8) is 0 Å². The first-order chi connectivity index (χ1) is 17.0. The number of phenolic OH excluding ortho intramolecular Hbond substituents is 1. The summed E-state index contributed by atoms with van der Waals surface area (Å²) in [5.74, 6) is -0.427. The minimum Gasteiger partial charge on any atom is -0.508 e. The van der Waals surface area contributed by atoms with Crippen LogP contribution in [-0.4, -0.2) is 47.8 Å². The Kier molecular flexibility index (Phi) is 8.88. The molecule has 0 radical (unpaired) electrons. The van der Waals surface area contributed by atoms with Crippen molar-refractivity contribution in [3.8, 4) is 5.75 Å². The molecule has 12 nitrogen and oxygen atoms in total. The van der Waals surface area contributed by atoms with Crippen LogP contribution in [0.15, 0.2) is 60.8 Å². The van der Waals surface area contributed by atoms with E-state index in [9.17, 15) is 23.1 Å². The highest BCUT2D eigenvalue weighted by Crippen LogP contribution is 2.19. The van der Waals surface area contributed by atoms with Crippen molar-refractivity contribution in [2.24, 2.45) is 12.2 Å². The second-order valence-corrected chi connectivity index (χ2v) is 9.67. The molecular formula is C22H26ClN7O5S. The molecular weight excluding hydrogens is 510 g/mol. The van der Waals surface area contributed by atoms with Crippen LogP contribution >= 0.6 is 11.6 Å². The Morgan fingerprint density at radius 2 is 1.78 bits per heavy atom. The van der Waals surface area contributed by atoms with Gasteiger partial charge >= 0.3 is 6.03 Å². The lowest BCUT2D eigenvalue weighted by atomic mass is 10.0. The molecule has 14 heteroatoms. The molecule has 36 heavy (non-hydrogen) atoms. The third-order valence-corrected chi connectivity index (χ3v) is 5.87. The highest BCUT2D eigenvalue weighted by atomic mass is 35.5. The number of halogens is 1. The van der Waals surface area contributed by atoms with Gasteiger partial charge in [0.2, 0.25) is 5.91 Å². The van der Waals surface area contributed by atoms with Crippen molar-refractivity contribution in [2.45, 2.75) is 18.5 Å². The van der Waals surface area contributed by atoms with Crippen LogP contribution in [0.5, 0.6) is 5.75 Å². The van der Waals surface area contributed by atoms with Crippen molar-refractivity contribution in [2.75, 3.05) is 11.9 Å². The first kappa shape index (κ1) is 26.9. The Balaban J connectivity index is 1.81. The summed E-state index contributed by atoms with van der Waals surface area (Å²) in [6.45, 7) is -0.212. The van der Waals surface area contributed by atoms with Crippen LogP contribution in [-0.2, 0) is 28.5 Å². The molecule has 3 amide bonds. The molecule has 7 N–H and O–H groups in total. The number of nitrogens with zero attached hydrogens (tertiary/aromatic N) is 2. The Morgan fingerprint density at radius 1 is 1.11 bits per heavy atom. The Bertz CT molecular complexity index is 1300. The van der Waals surface area contributed by atoms with Crippen LogP contribution < -0.4 is 25.8 Å². The number of urea groups is 1. The van der Waals surface area contributed by atoms with Crippen LogP contribution in [0.3, 0.4) is 0 Å². The third kappa shape index (κ3) is 8.23. The maximum absolute atomic E-state index is 13.3. The molecule has 2 aromatic carbocycles. The first-order valence-electron chi connectivity index (χ1n) is 10.7. The standard InChI is InChI=1S/C22H26ClN7O5S/c1-30-13-17(23)20(29-30)28-22(33)27-18(11-14-7-9-16(31)10-8-14)21(32)26-19(12-25-36(24,34)35)15-5-3-2-4-6-15/h2-10,13,18-19,25,31H,11-12H2,1H3,(H,26,32)(H2,24,34,35)(H2,27,28,29,33). The van der Waals surface area contributed by atoms with E-state index in [0.717, 1.165) is 0 Å². The van der Waals surface area contributed by atoms with Gasteiger partial charge in [-0.15, -0.1) is 0 Å². The van der Waals surface area contributed by atoms with E-state index < -0.39 is 34.2 Å². The maximum Gasteiger partial charge on any atom is 0.321 e. The van der Waals surface area contributed by atoms with E-state index in [-0.39, 0.29) is 29.6 Å². The number of amides is 3. The molecule has 0 saturated heterocycles. The lowest BCUT2D eigenvalue weighted by Crippen LogP contribution is -2.51. The van der Waals surface area contributed by atoms with Gasteiger partial charge in [0.1, 0.15) is 16.8 Å². The number of aryl methyl sites for hydroxylation is 1. The van der Waals surface area contributed by atoms with Crippen LogP contribution in [0.2, 0.25) is 5.02 Å². The van der Waals surface area contributed by atoms with E-state index in [2.05, 4.69) is 25.8 Å². The van der Waals surface area contributed by atoms with Crippen molar-refractivity contribution >= 4 is 39.6 Å². The number of phenols is 1. The number of carbonyl (C=O) groups excluding carboxylic acids is 2. The average Bonchev–Trinajstić information content (AvgIpc) is 3.13. The van der Waals surface area contributed by atoms with Crippen LogP contribution in [0, 0.1) is 0 Å². The van der Waals surface area contributed by atoms with Crippen LogP contribution in [0.1, 0.15) is 17.2 Å². The average molecular weight is 536 g/mol. The zero-order chi connectivity index (χ0) is 26.3. The van der Waals surface area contributed by atoms with Crippen LogP contribution in [0.4, 0.5) is 10.6 Å². The molecule has 1 aromatic heterocycles. The minimum atomic E-state index is -4.02. The predicted molar refractivity (Wildman–Crippen MR) is 134 cm³/mol. The van der Waals surface area contributed by atoms with Gasteiger partial charge in [-0.05, 0) is 23.3 Å². The van der Waals surface area contributed by atoms with Gasteiger partial charge in [-0.1, -0.05) is 54.1 Å². The molecule has 3 rings (SSSR count). The topological polar surface area (TPSA) is 180 Å². The van der Waals surface area contributed by atoms with E-state index in [1.165, 1.54) is 23.0 Å². The lowest BCUT2D eigenvalue weighted by Gasteiger charge is -2.24. The van der Waals surface area contributed by atoms with Gasteiger partial charge in [0, 0.05) is 26.2 Å². The van der Waals surface area contributed by atoms with Crippen molar-refractivity contribution in [3.05, 3.63) is 76.9 Å². The molecule has 0 fully saturated rings. The van der Waals surface area contributed by atoms with E-state index in [0.29, 0.717) is 11.1 Å². The van der Waals surface area contributed by atoms with Gasteiger partial charge in [-0.2, -0.15) is 13.5 Å². The molecule has 2 atom stereocenters. The molecule has 2 unspecified atom stereocenters. The van der Waals surface area contributed by atoms with Crippen LogP contribution in [0.25, 0.3) is 0 Å². The fourth-order valence-corrected chi connectivity index (χ4v) is 3.96. The molecule has 1 heterocycles. The summed E-state index contributed by atoms with van der Waals surface area (Å²) in [6.07, 6.45) is 1.57. The number of hydrogen-bond acceptors (Lipinski definition) is 6. The second kappa shape index (κ2) is 11.9. The van der Waals surface area contributed by atoms with Crippen molar-refractivity contribution < 1.29 is 23.1 Å². The highest BCUT2D eigenvalue weighted by molar-refractivity contribution is 7.87. The molecule has 192 valence electrons. The number of aromatic nitrogens is 2. The summed E-state index contributed by atoms with van der Waals surface area (Å²) in [5.41, 5.74) is 1.28. The van der Waals surface area contributed by atoms with Gasteiger partial charge in [0.15, 0.2) is 5.82 Å². The SMILES string of the molecule is Cn1cc(Cl)c(NC(=O)NC(Cc2ccc(O)cc2)C(=O)NC(CNS(N)(=O)=O)c2ccccc2)n1. The number of nitrogens with one attached hydrogen (secondary N) is 4. The van der Waals surface area contributed by atoms with E-state index in [4.69, 9.17) is 16.7 Å². The number of rotatable bonds is 10. The first-order valence-corrected chi connectivity index (χ1v) is 12.6. The van der Waals surface area contributed by atoms with E-state index in [1.54, 1.807) is 49.5 Å². The molecule has 0 aliphatic rings. The number of hydrogen-bond donors (Lipinski definition) is 6. The second-order valence-electron chi connectivity index (χ2n) is 7.89. The molecule has 0 spiro atoms. The number of nitrogens with two attached hydrogens (primary N) is 1. The summed E-state index contributed by atoms with van der Waals surface area (Å²) in [6, 6.07) is 12.2. The fourth-order valence-electron chi connectivity index (χ4n) is 3.33. The smallest absolute Gasteiger partial charge is 0.321 e. The van der Waals surface area contributed by atoms with Gasteiger partial charge in [0.05, 0.1) is 6.04 Å². The lowest BCUT2D eigenvalue weighted by molar-refractivity contribution is -0.123. The minimum absolute atomic E-state index is 0.0495. The fraction of sp³-hybridized carbons (Fsp3) is 0.227. The number of anilines is 1. The number of benzene rings is 2. The largest absolute Gasteiger partial charge is 0.508 e. The number of aromatic hydroxyl groups is 1. The summed E-state index contributed by atoms with van der Waals surface area (Å²) in [7, 11) is -2.38. The Hall–Kier alpha value is -3.65. The Labute approximate surface area is 213 Å². The van der Waals surface area contributed by atoms with Crippen molar-refractivity contribution in [1.29, 1.82) is 0 Å². The normalized spacial score (nSPS) is 13.0. The summed E-state index contributed by atoms with van der Waals surface area (Å²) >= 11 is 6.05. The van der Waals surface area contributed by atoms with E-state index in [1.807, 2.05) is 0 Å². The quantitative estimate of drug-likeness (QED) is 0.226. The Morgan fingerprint density at radius 3 is 2.36 bits per heavy atom. The van der Waals surface area contributed by atoms with Gasteiger partial charge in [0.25, 0.3) is 10.2 Å². The van der Waals surface area contributed by atoms with Crippen molar-refractivity contribution in [1.82, 2.24) is 25.1 Å². The zero-order valence-corrected chi connectivity index (χ0v) is 20.8. The van der Waals surface area contributed by atoms with Gasteiger partial charge < -0.3 is 15.7 Å². The summed E-state index contributed by atoms with van der Waals surface area (Å²) in [4.78, 5) is 26.0. The zero-order valence-electron chi connectivity index (χ0n) is 19.2. The highest BCUT2D eigenvalue weighted by Gasteiger charge is 2.26. The number of carbonyl (C=O) groups is 2. The maximum atomic E-state index is 13.3.